The lowest BCUT2D eigenvalue weighted by Gasteiger charge is -2.09. The molecule has 0 aliphatic heterocycles. The smallest absolute Gasteiger partial charge is 0.330 e. The molecular formula is C12H14O3. The van der Waals surface area contributed by atoms with Gasteiger partial charge in [0.25, 0.3) is 0 Å². The number of carbonyl (C=O) groups excluding carboxylic acids is 1. The van der Waals surface area contributed by atoms with Crippen molar-refractivity contribution in [3.8, 4) is 5.75 Å². The van der Waals surface area contributed by atoms with E-state index in [0.29, 0.717) is 6.61 Å². The second kappa shape index (κ2) is 5.86. The molecule has 0 fully saturated rings. The minimum Gasteiger partial charge on any atom is -0.493 e. The fourth-order valence-electron chi connectivity index (χ4n) is 1.13. The molecule has 3 heteroatoms. The van der Waals surface area contributed by atoms with E-state index in [4.69, 9.17) is 9.47 Å². The van der Waals surface area contributed by atoms with Crippen LogP contribution in [-0.4, -0.2) is 12.6 Å². The monoisotopic (exact) mass is 206 g/mol. The first-order valence-electron chi connectivity index (χ1n) is 4.77. The molecule has 80 valence electrons. The highest BCUT2D eigenvalue weighted by Gasteiger charge is 2.04. The van der Waals surface area contributed by atoms with Crippen molar-refractivity contribution in [3.63, 3.8) is 0 Å². The SMILES string of the molecule is C=CC(=O)OCc1ccccc1OCC. The number of rotatable bonds is 5. The van der Waals surface area contributed by atoms with E-state index in [0.717, 1.165) is 17.4 Å². The van der Waals surface area contributed by atoms with Crippen LogP contribution in [0.25, 0.3) is 0 Å². The first-order valence-corrected chi connectivity index (χ1v) is 4.77. The van der Waals surface area contributed by atoms with E-state index in [1.165, 1.54) is 0 Å². The predicted molar refractivity (Wildman–Crippen MR) is 57.6 cm³/mol. The number of benzene rings is 1. The first-order chi connectivity index (χ1) is 7.27. The molecule has 0 radical (unpaired) electrons. The van der Waals surface area contributed by atoms with Gasteiger partial charge < -0.3 is 9.47 Å². The molecule has 0 aliphatic rings. The molecule has 1 aromatic carbocycles. The molecular weight excluding hydrogens is 192 g/mol. The third-order valence-corrected chi connectivity index (χ3v) is 1.81. The Bertz CT molecular complexity index is 344. The van der Waals surface area contributed by atoms with Crippen molar-refractivity contribution in [1.82, 2.24) is 0 Å². The summed E-state index contributed by atoms with van der Waals surface area (Å²) in [6, 6.07) is 7.46. The van der Waals surface area contributed by atoms with Crippen molar-refractivity contribution >= 4 is 5.97 Å². The van der Waals surface area contributed by atoms with Gasteiger partial charge in [0.05, 0.1) is 6.61 Å². The van der Waals surface area contributed by atoms with Gasteiger partial charge in [0, 0.05) is 11.6 Å². The summed E-state index contributed by atoms with van der Waals surface area (Å²) in [7, 11) is 0. The van der Waals surface area contributed by atoms with Crippen LogP contribution < -0.4 is 4.74 Å². The number of para-hydroxylation sites is 1. The number of hydrogen-bond acceptors (Lipinski definition) is 3. The number of hydrogen-bond donors (Lipinski definition) is 0. The zero-order valence-electron chi connectivity index (χ0n) is 8.73. The van der Waals surface area contributed by atoms with Crippen LogP contribution in [0, 0.1) is 0 Å². The molecule has 0 bridgehead atoms. The third-order valence-electron chi connectivity index (χ3n) is 1.81. The Balaban J connectivity index is 2.66. The standard InChI is InChI=1S/C12H14O3/c1-3-12(13)15-9-10-7-5-6-8-11(10)14-4-2/h3,5-8H,1,4,9H2,2H3. The molecule has 0 aromatic heterocycles. The third kappa shape index (κ3) is 3.46. The van der Waals surface area contributed by atoms with Gasteiger partial charge in [0.15, 0.2) is 0 Å². The fourth-order valence-corrected chi connectivity index (χ4v) is 1.13. The molecule has 3 nitrogen and oxygen atoms in total. The van der Waals surface area contributed by atoms with Crippen molar-refractivity contribution < 1.29 is 14.3 Å². The Morgan fingerprint density at radius 3 is 2.87 bits per heavy atom. The average molecular weight is 206 g/mol. The highest BCUT2D eigenvalue weighted by Crippen LogP contribution is 2.18. The summed E-state index contributed by atoms with van der Waals surface area (Å²) in [5.41, 5.74) is 0.856. The maximum Gasteiger partial charge on any atom is 0.330 e. The van der Waals surface area contributed by atoms with Crippen molar-refractivity contribution in [2.45, 2.75) is 13.5 Å². The highest BCUT2D eigenvalue weighted by atomic mass is 16.5. The van der Waals surface area contributed by atoms with Gasteiger partial charge in [-0.3, -0.25) is 0 Å². The Hall–Kier alpha value is -1.77. The molecule has 0 atom stereocenters. The van der Waals surface area contributed by atoms with Crippen LogP contribution >= 0.6 is 0 Å². The molecule has 0 amide bonds. The van der Waals surface area contributed by atoms with Crippen molar-refractivity contribution in [1.29, 1.82) is 0 Å². The lowest BCUT2D eigenvalue weighted by molar-refractivity contribution is -0.139. The van der Waals surface area contributed by atoms with Gasteiger partial charge in [0.2, 0.25) is 0 Å². The van der Waals surface area contributed by atoms with Crippen molar-refractivity contribution in [2.24, 2.45) is 0 Å². The van der Waals surface area contributed by atoms with Crippen LogP contribution in [0.4, 0.5) is 0 Å². The zero-order chi connectivity index (χ0) is 11.1. The number of ether oxygens (including phenoxy) is 2. The second-order valence-electron chi connectivity index (χ2n) is 2.85. The topological polar surface area (TPSA) is 35.5 Å². The van der Waals surface area contributed by atoms with E-state index >= 15 is 0 Å². The van der Waals surface area contributed by atoms with E-state index in [-0.39, 0.29) is 6.61 Å². The molecule has 0 saturated carbocycles. The minimum atomic E-state index is -0.429. The van der Waals surface area contributed by atoms with Crippen LogP contribution in [0.15, 0.2) is 36.9 Å². The summed E-state index contributed by atoms with van der Waals surface area (Å²) < 4.78 is 10.3. The lowest BCUT2D eigenvalue weighted by atomic mass is 10.2. The van der Waals surface area contributed by atoms with Gasteiger partial charge in [-0.25, -0.2) is 4.79 Å². The van der Waals surface area contributed by atoms with Crippen molar-refractivity contribution in [2.75, 3.05) is 6.61 Å². The molecule has 0 spiro atoms. The molecule has 15 heavy (non-hydrogen) atoms. The quantitative estimate of drug-likeness (QED) is 0.548. The van der Waals surface area contributed by atoms with E-state index in [1.54, 1.807) is 0 Å². The molecule has 1 rings (SSSR count). The Labute approximate surface area is 89.3 Å². The molecule has 1 aromatic rings. The summed E-state index contributed by atoms with van der Waals surface area (Å²) in [6.07, 6.45) is 1.14. The van der Waals surface area contributed by atoms with Gasteiger partial charge in [-0.15, -0.1) is 0 Å². The van der Waals surface area contributed by atoms with Crippen LogP contribution in [-0.2, 0) is 16.1 Å². The van der Waals surface area contributed by atoms with E-state index in [2.05, 4.69) is 6.58 Å². The molecule has 0 saturated heterocycles. The Kier molecular flexibility index (Phi) is 4.41. The molecule has 0 heterocycles. The van der Waals surface area contributed by atoms with Crippen molar-refractivity contribution in [3.05, 3.63) is 42.5 Å². The zero-order valence-corrected chi connectivity index (χ0v) is 8.73. The van der Waals surface area contributed by atoms with Gasteiger partial charge in [-0.1, -0.05) is 24.8 Å². The minimum absolute atomic E-state index is 0.209. The number of carbonyl (C=O) groups is 1. The number of esters is 1. The first kappa shape index (κ1) is 11.3. The average Bonchev–Trinajstić information content (AvgIpc) is 2.28. The van der Waals surface area contributed by atoms with Crippen LogP contribution in [0.3, 0.4) is 0 Å². The van der Waals surface area contributed by atoms with Gasteiger partial charge in [-0.2, -0.15) is 0 Å². The summed E-state index contributed by atoms with van der Waals surface area (Å²) in [5, 5.41) is 0. The molecule has 0 N–H and O–H groups in total. The van der Waals surface area contributed by atoms with Gasteiger partial charge in [-0.05, 0) is 13.0 Å². The maximum absolute atomic E-state index is 10.9. The van der Waals surface area contributed by atoms with E-state index < -0.39 is 5.97 Å². The maximum atomic E-state index is 10.9. The summed E-state index contributed by atoms with van der Waals surface area (Å²) >= 11 is 0. The van der Waals surface area contributed by atoms with E-state index in [1.807, 2.05) is 31.2 Å². The highest BCUT2D eigenvalue weighted by molar-refractivity contribution is 5.81. The molecule has 0 aliphatic carbocycles. The summed E-state index contributed by atoms with van der Waals surface area (Å²) in [4.78, 5) is 10.9. The predicted octanol–water partition coefficient (Wildman–Crippen LogP) is 2.31. The summed E-state index contributed by atoms with van der Waals surface area (Å²) in [6.45, 7) is 6.03. The van der Waals surface area contributed by atoms with E-state index in [9.17, 15) is 4.79 Å². The Morgan fingerprint density at radius 1 is 1.47 bits per heavy atom. The second-order valence-corrected chi connectivity index (χ2v) is 2.85. The summed E-state index contributed by atoms with van der Waals surface area (Å²) in [5.74, 6) is 0.318. The molecule has 0 unspecified atom stereocenters. The normalized spacial score (nSPS) is 9.40. The van der Waals surface area contributed by atoms with Gasteiger partial charge in [0.1, 0.15) is 12.4 Å². The Morgan fingerprint density at radius 2 is 2.20 bits per heavy atom. The lowest BCUT2D eigenvalue weighted by Crippen LogP contribution is -2.02. The van der Waals surface area contributed by atoms with Gasteiger partial charge >= 0.3 is 5.97 Å². The van der Waals surface area contributed by atoms with Crippen LogP contribution in [0.5, 0.6) is 5.75 Å². The van der Waals surface area contributed by atoms with Crippen LogP contribution in [0.2, 0.25) is 0 Å². The van der Waals surface area contributed by atoms with Crippen LogP contribution in [0.1, 0.15) is 12.5 Å². The fraction of sp³-hybridized carbons (Fsp3) is 0.250. The largest absolute Gasteiger partial charge is 0.493 e.